The lowest BCUT2D eigenvalue weighted by atomic mass is 9.98. The first-order chi connectivity index (χ1) is 22.3. The van der Waals surface area contributed by atoms with Gasteiger partial charge in [-0.2, -0.15) is 0 Å². The predicted molar refractivity (Wildman–Crippen MR) is 177 cm³/mol. The molecule has 2 aliphatic rings. The first kappa shape index (κ1) is 33.5. The molecule has 244 valence electrons. The summed E-state index contributed by atoms with van der Waals surface area (Å²) in [5.41, 5.74) is 5.82. The van der Waals surface area contributed by atoms with Crippen LogP contribution >= 0.6 is 0 Å². The first-order valence-electron chi connectivity index (χ1n) is 16.3. The lowest BCUT2D eigenvalue weighted by Crippen LogP contribution is -2.43. The molecule has 1 saturated heterocycles. The summed E-state index contributed by atoms with van der Waals surface area (Å²) in [4.78, 5) is 26.1. The van der Waals surface area contributed by atoms with Gasteiger partial charge in [-0.3, -0.25) is 14.5 Å². The Balaban J connectivity index is 1.35. The molecule has 8 nitrogen and oxygen atoms in total. The Bertz CT molecular complexity index is 1470. The third-order valence-corrected chi connectivity index (χ3v) is 8.86. The molecule has 0 radical (unpaired) electrons. The van der Waals surface area contributed by atoms with Gasteiger partial charge < -0.3 is 24.6 Å². The van der Waals surface area contributed by atoms with E-state index in [1.807, 2.05) is 66.7 Å². The highest BCUT2D eigenvalue weighted by Crippen LogP contribution is 2.39. The molecule has 3 aromatic carbocycles. The number of aliphatic hydroxyl groups is 1. The molecule has 1 saturated carbocycles. The summed E-state index contributed by atoms with van der Waals surface area (Å²) in [6, 6.07) is 24.8. The molecule has 2 N–H and O–H groups in total. The summed E-state index contributed by atoms with van der Waals surface area (Å²) in [5.74, 6) is -0.834. The molecular formula is C38H46N2O6. The van der Waals surface area contributed by atoms with E-state index in [4.69, 9.17) is 14.2 Å². The van der Waals surface area contributed by atoms with Crippen LogP contribution in [-0.4, -0.2) is 53.2 Å². The minimum Gasteiger partial charge on any atom is -0.453 e. The SMILES string of the molecule is C=CCN(CC1CC(c2ccc(CO)cc2)OC(c2cccc(-c3cccc(CNC(=O)C(C)OC(C)=O)c3)c2)O1)C1CCCC1. The Kier molecular flexibility index (Phi) is 11.8. The lowest BCUT2D eigenvalue weighted by Gasteiger charge is -2.39. The van der Waals surface area contributed by atoms with Gasteiger partial charge in [-0.1, -0.05) is 79.6 Å². The van der Waals surface area contributed by atoms with Crippen LogP contribution in [0.15, 0.2) is 85.5 Å². The van der Waals surface area contributed by atoms with Gasteiger partial charge in [-0.05, 0) is 59.7 Å². The molecule has 0 aromatic heterocycles. The highest BCUT2D eigenvalue weighted by molar-refractivity contribution is 5.82. The van der Waals surface area contributed by atoms with Gasteiger partial charge in [0.05, 0.1) is 18.8 Å². The second kappa shape index (κ2) is 16.1. The molecule has 1 aliphatic carbocycles. The maximum absolute atomic E-state index is 12.4. The number of hydrogen-bond acceptors (Lipinski definition) is 7. The van der Waals surface area contributed by atoms with Crippen molar-refractivity contribution in [1.29, 1.82) is 0 Å². The van der Waals surface area contributed by atoms with Crippen molar-refractivity contribution in [3.8, 4) is 11.1 Å². The van der Waals surface area contributed by atoms with Crippen molar-refractivity contribution in [2.24, 2.45) is 0 Å². The van der Waals surface area contributed by atoms with Crippen LogP contribution in [0.4, 0.5) is 0 Å². The second-order valence-electron chi connectivity index (χ2n) is 12.3. The summed E-state index contributed by atoms with van der Waals surface area (Å²) < 4.78 is 18.4. The van der Waals surface area contributed by atoms with E-state index in [-0.39, 0.29) is 24.7 Å². The standard InChI is InChI=1S/C38H46N2O6/c1-4-19-40(34-13-5-6-14-34)24-35-22-36(30-17-15-28(25-41)16-18-30)46-38(45-35)33-12-8-11-32(21-33)31-10-7-9-29(20-31)23-39-37(43)26(2)44-27(3)42/h4,7-12,15-18,20-21,26,34-36,38,41H,1,5-6,13-14,19,22-25H2,2-3H3,(H,39,43). The van der Waals surface area contributed by atoms with Crippen molar-refractivity contribution < 1.29 is 28.9 Å². The summed E-state index contributed by atoms with van der Waals surface area (Å²) in [7, 11) is 0. The quantitative estimate of drug-likeness (QED) is 0.168. The number of esters is 1. The van der Waals surface area contributed by atoms with Crippen LogP contribution in [0.2, 0.25) is 0 Å². The minimum atomic E-state index is -0.852. The van der Waals surface area contributed by atoms with Crippen molar-refractivity contribution in [1.82, 2.24) is 10.2 Å². The fourth-order valence-corrected chi connectivity index (χ4v) is 6.46. The first-order valence-corrected chi connectivity index (χ1v) is 16.3. The number of carbonyl (C=O) groups is 2. The highest BCUT2D eigenvalue weighted by Gasteiger charge is 2.34. The van der Waals surface area contributed by atoms with Crippen molar-refractivity contribution in [2.45, 2.75) is 89.7 Å². The van der Waals surface area contributed by atoms with E-state index in [1.165, 1.54) is 32.6 Å². The van der Waals surface area contributed by atoms with Gasteiger partial charge in [-0.25, -0.2) is 0 Å². The van der Waals surface area contributed by atoms with Crippen molar-refractivity contribution in [2.75, 3.05) is 13.1 Å². The van der Waals surface area contributed by atoms with Crippen LogP contribution in [0.1, 0.15) is 80.6 Å². The Morgan fingerprint density at radius 3 is 2.41 bits per heavy atom. The van der Waals surface area contributed by atoms with Gasteiger partial charge >= 0.3 is 5.97 Å². The zero-order valence-electron chi connectivity index (χ0n) is 26.9. The number of amides is 1. The van der Waals surface area contributed by atoms with E-state index in [9.17, 15) is 14.7 Å². The zero-order chi connectivity index (χ0) is 32.5. The molecule has 4 unspecified atom stereocenters. The highest BCUT2D eigenvalue weighted by atomic mass is 16.7. The second-order valence-corrected chi connectivity index (χ2v) is 12.3. The summed E-state index contributed by atoms with van der Waals surface area (Å²) in [5, 5.41) is 12.4. The summed E-state index contributed by atoms with van der Waals surface area (Å²) in [6.07, 6.45) is 6.08. The fourth-order valence-electron chi connectivity index (χ4n) is 6.46. The Labute approximate surface area is 272 Å². The monoisotopic (exact) mass is 626 g/mol. The topological polar surface area (TPSA) is 97.3 Å². The molecule has 1 aliphatic heterocycles. The molecule has 3 aromatic rings. The Hall–Kier alpha value is -3.82. The number of nitrogens with zero attached hydrogens (tertiary/aromatic N) is 1. The van der Waals surface area contributed by atoms with Crippen LogP contribution in [0.25, 0.3) is 11.1 Å². The van der Waals surface area contributed by atoms with E-state index in [2.05, 4.69) is 28.9 Å². The average Bonchev–Trinajstić information content (AvgIpc) is 3.62. The molecule has 5 rings (SSSR count). The maximum Gasteiger partial charge on any atom is 0.303 e. The molecule has 4 atom stereocenters. The van der Waals surface area contributed by atoms with Gasteiger partial charge in [0.25, 0.3) is 5.91 Å². The summed E-state index contributed by atoms with van der Waals surface area (Å²) in [6.45, 7) is 8.83. The normalized spacial score (nSPS) is 20.7. The van der Waals surface area contributed by atoms with Crippen LogP contribution in [0.3, 0.4) is 0 Å². The van der Waals surface area contributed by atoms with Crippen molar-refractivity contribution in [3.63, 3.8) is 0 Å². The van der Waals surface area contributed by atoms with Crippen LogP contribution in [0.5, 0.6) is 0 Å². The predicted octanol–water partition coefficient (Wildman–Crippen LogP) is 6.39. The number of aliphatic hydroxyl groups excluding tert-OH is 1. The van der Waals surface area contributed by atoms with Crippen LogP contribution in [0, 0.1) is 0 Å². The van der Waals surface area contributed by atoms with Crippen molar-refractivity contribution in [3.05, 3.63) is 108 Å². The largest absolute Gasteiger partial charge is 0.453 e. The molecule has 0 spiro atoms. The number of benzene rings is 3. The third-order valence-electron chi connectivity index (χ3n) is 8.86. The number of hydrogen-bond donors (Lipinski definition) is 2. The Morgan fingerprint density at radius 2 is 1.72 bits per heavy atom. The fraction of sp³-hybridized carbons (Fsp3) is 0.421. The van der Waals surface area contributed by atoms with E-state index in [0.29, 0.717) is 12.6 Å². The van der Waals surface area contributed by atoms with Gasteiger partial charge in [0.15, 0.2) is 12.4 Å². The van der Waals surface area contributed by atoms with E-state index < -0.39 is 18.4 Å². The lowest BCUT2D eigenvalue weighted by molar-refractivity contribution is -0.253. The molecule has 0 bridgehead atoms. The number of nitrogens with one attached hydrogen (secondary N) is 1. The zero-order valence-corrected chi connectivity index (χ0v) is 26.9. The van der Waals surface area contributed by atoms with Crippen LogP contribution < -0.4 is 5.32 Å². The van der Waals surface area contributed by atoms with Gasteiger partial charge in [0.1, 0.15) is 0 Å². The molecule has 1 amide bonds. The van der Waals surface area contributed by atoms with Crippen LogP contribution in [-0.2, 0) is 37.0 Å². The number of carbonyl (C=O) groups excluding carboxylic acids is 2. The van der Waals surface area contributed by atoms with E-state index >= 15 is 0 Å². The van der Waals surface area contributed by atoms with Gasteiger partial charge in [0, 0.05) is 44.6 Å². The number of ether oxygens (including phenoxy) is 3. The number of rotatable bonds is 13. The van der Waals surface area contributed by atoms with Crippen molar-refractivity contribution >= 4 is 11.9 Å². The third kappa shape index (κ3) is 8.91. The van der Waals surface area contributed by atoms with Gasteiger partial charge in [0.2, 0.25) is 0 Å². The molecule has 8 heteroatoms. The molecule has 2 fully saturated rings. The molecule has 46 heavy (non-hydrogen) atoms. The van der Waals surface area contributed by atoms with E-state index in [1.54, 1.807) is 6.92 Å². The van der Waals surface area contributed by atoms with Gasteiger partial charge in [-0.15, -0.1) is 6.58 Å². The maximum atomic E-state index is 12.4. The average molecular weight is 627 g/mol. The minimum absolute atomic E-state index is 0.00579. The smallest absolute Gasteiger partial charge is 0.303 e. The Morgan fingerprint density at radius 1 is 1.00 bits per heavy atom. The molecular weight excluding hydrogens is 580 g/mol. The summed E-state index contributed by atoms with van der Waals surface area (Å²) >= 11 is 0. The van der Waals surface area contributed by atoms with E-state index in [0.717, 1.165) is 52.9 Å². The molecule has 1 heterocycles.